The van der Waals surface area contributed by atoms with Crippen molar-refractivity contribution >= 4 is 39.5 Å². The standard InChI is InChI=1S/C30H31N7O3/c1-38-24-11-6-18(15-25(24)39-2)21-12-13-31-23-10-9-20(16-22(21)23)34-30-35-28(33-19-7-8-19)27-29(36-30)37(17-32-27)26-5-3-4-14-40-26/h6,9-13,15-17,19,26H,3-5,7-8,14H2,1-2H3,(H2,33,34,35,36). The summed E-state index contributed by atoms with van der Waals surface area (Å²) in [5.74, 6) is 2.62. The molecule has 1 aliphatic carbocycles. The van der Waals surface area contributed by atoms with Crippen LogP contribution in [0.25, 0.3) is 33.2 Å². The number of imidazole rings is 1. The molecule has 40 heavy (non-hydrogen) atoms. The Morgan fingerprint density at radius 3 is 2.62 bits per heavy atom. The summed E-state index contributed by atoms with van der Waals surface area (Å²) in [6.45, 7) is 0.751. The van der Waals surface area contributed by atoms with Gasteiger partial charge in [-0.15, -0.1) is 0 Å². The second kappa shape index (κ2) is 10.3. The molecule has 10 nitrogen and oxygen atoms in total. The summed E-state index contributed by atoms with van der Waals surface area (Å²) in [5.41, 5.74) is 5.32. The molecule has 1 aliphatic heterocycles. The number of rotatable bonds is 8. The van der Waals surface area contributed by atoms with Gasteiger partial charge in [0.25, 0.3) is 0 Å². The van der Waals surface area contributed by atoms with Crippen LogP contribution in [0.3, 0.4) is 0 Å². The molecule has 1 unspecified atom stereocenters. The second-order valence-electron chi connectivity index (χ2n) is 10.2. The van der Waals surface area contributed by atoms with Crippen molar-refractivity contribution in [2.24, 2.45) is 0 Å². The van der Waals surface area contributed by atoms with E-state index >= 15 is 0 Å². The highest BCUT2D eigenvalue weighted by atomic mass is 16.5. The summed E-state index contributed by atoms with van der Waals surface area (Å²) >= 11 is 0. The van der Waals surface area contributed by atoms with Crippen LogP contribution in [-0.4, -0.2) is 51.4 Å². The van der Waals surface area contributed by atoms with E-state index < -0.39 is 0 Å². The van der Waals surface area contributed by atoms with E-state index in [1.54, 1.807) is 14.2 Å². The first-order chi connectivity index (χ1) is 19.7. The van der Waals surface area contributed by atoms with E-state index in [4.69, 9.17) is 24.2 Å². The van der Waals surface area contributed by atoms with Gasteiger partial charge in [-0.1, -0.05) is 6.07 Å². The van der Waals surface area contributed by atoms with Crippen LogP contribution >= 0.6 is 0 Å². The maximum Gasteiger partial charge on any atom is 0.231 e. The highest BCUT2D eigenvalue weighted by Crippen LogP contribution is 2.36. The second-order valence-corrected chi connectivity index (χ2v) is 10.2. The Labute approximate surface area is 231 Å². The Kier molecular flexibility index (Phi) is 6.31. The van der Waals surface area contributed by atoms with Crippen LogP contribution in [0.4, 0.5) is 17.5 Å². The minimum absolute atomic E-state index is 0.0638. The highest BCUT2D eigenvalue weighted by molar-refractivity contribution is 5.97. The first-order valence-corrected chi connectivity index (χ1v) is 13.7. The van der Waals surface area contributed by atoms with Crippen LogP contribution in [0.5, 0.6) is 11.5 Å². The molecule has 0 radical (unpaired) electrons. The number of fused-ring (bicyclic) bond motifs is 2. The maximum atomic E-state index is 6.05. The minimum Gasteiger partial charge on any atom is -0.493 e. The first kappa shape index (κ1) is 24.6. The van der Waals surface area contributed by atoms with Gasteiger partial charge in [0.15, 0.2) is 28.5 Å². The summed E-state index contributed by atoms with van der Waals surface area (Å²) in [4.78, 5) is 19.0. The molecular weight excluding hydrogens is 506 g/mol. The van der Waals surface area contributed by atoms with Gasteiger partial charge in [0.2, 0.25) is 5.95 Å². The number of benzene rings is 2. The lowest BCUT2D eigenvalue weighted by atomic mass is 10.0. The van der Waals surface area contributed by atoms with Crippen molar-refractivity contribution in [2.75, 3.05) is 31.5 Å². The fourth-order valence-corrected chi connectivity index (χ4v) is 5.26. The number of hydrogen-bond acceptors (Lipinski definition) is 9. The van der Waals surface area contributed by atoms with Gasteiger partial charge in [-0.25, -0.2) is 4.98 Å². The topological polar surface area (TPSA) is 108 Å². The lowest BCUT2D eigenvalue weighted by Gasteiger charge is -2.24. The molecule has 1 saturated carbocycles. The Morgan fingerprint density at radius 1 is 0.925 bits per heavy atom. The summed E-state index contributed by atoms with van der Waals surface area (Å²) < 4.78 is 19.1. The van der Waals surface area contributed by atoms with Crippen molar-refractivity contribution in [2.45, 2.75) is 44.4 Å². The van der Waals surface area contributed by atoms with Gasteiger partial charge in [-0.2, -0.15) is 9.97 Å². The molecular formula is C30H31N7O3. The average Bonchev–Trinajstić information content (AvgIpc) is 3.72. The zero-order valence-electron chi connectivity index (χ0n) is 22.6. The third kappa shape index (κ3) is 4.64. The van der Waals surface area contributed by atoms with E-state index in [9.17, 15) is 0 Å². The van der Waals surface area contributed by atoms with Gasteiger partial charge in [0.1, 0.15) is 6.23 Å². The molecule has 3 aromatic heterocycles. The zero-order chi connectivity index (χ0) is 27.1. The third-order valence-electron chi connectivity index (χ3n) is 7.50. The fourth-order valence-electron chi connectivity index (χ4n) is 5.26. The summed E-state index contributed by atoms with van der Waals surface area (Å²) in [6.07, 6.45) is 9.01. The molecule has 2 aromatic carbocycles. The zero-order valence-corrected chi connectivity index (χ0v) is 22.6. The molecule has 7 rings (SSSR count). The molecule has 1 atom stereocenters. The van der Waals surface area contributed by atoms with E-state index in [2.05, 4.69) is 26.7 Å². The molecule has 204 valence electrons. The fraction of sp³-hybridized carbons (Fsp3) is 0.333. The molecule has 2 N–H and O–H groups in total. The Hall–Kier alpha value is -4.44. The minimum atomic E-state index is -0.0638. The molecule has 0 bridgehead atoms. The smallest absolute Gasteiger partial charge is 0.231 e. The van der Waals surface area contributed by atoms with Gasteiger partial charge < -0.3 is 24.8 Å². The van der Waals surface area contributed by atoms with Crippen molar-refractivity contribution in [3.63, 3.8) is 0 Å². The van der Waals surface area contributed by atoms with Gasteiger partial charge in [0.05, 0.1) is 26.1 Å². The van der Waals surface area contributed by atoms with E-state index in [1.807, 2.05) is 53.5 Å². The normalized spacial score (nSPS) is 17.2. The monoisotopic (exact) mass is 537 g/mol. The first-order valence-electron chi connectivity index (χ1n) is 13.7. The highest BCUT2D eigenvalue weighted by Gasteiger charge is 2.26. The SMILES string of the molecule is COc1ccc(-c2ccnc3ccc(Nc4nc(NC5CC5)c5ncn(C6CCCCO6)c5n4)cc23)cc1OC. The number of methoxy groups -OCH3 is 2. The summed E-state index contributed by atoms with van der Waals surface area (Å²) in [6, 6.07) is 14.4. The van der Waals surface area contributed by atoms with Crippen LogP contribution in [-0.2, 0) is 4.74 Å². The van der Waals surface area contributed by atoms with Crippen LogP contribution in [0.15, 0.2) is 55.0 Å². The van der Waals surface area contributed by atoms with E-state index in [0.717, 1.165) is 83.4 Å². The van der Waals surface area contributed by atoms with Crippen LogP contribution < -0.4 is 20.1 Å². The molecule has 10 heteroatoms. The van der Waals surface area contributed by atoms with Crippen LogP contribution in [0, 0.1) is 0 Å². The number of nitrogens with zero attached hydrogens (tertiary/aromatic N) is 5. The van der Waals surface area contributed by atoms with E-state index in [-0.39, 0.29) is 6.23 Å². The van der Waals surface area contributed by atoms with E-state index in [1.165, 1.54) is 0 Å². The molecule has 2 aliphatic rings. The van der Waals surface area contributed by atoms with Gasteiger partial charge in [0, 0.05) is 29.9 Å². The number of aromatic nitrogens is 5. The predicted octanol–water partition coefficient (Wildman–Crippen LogP) is 6.08. The predicted molar refractivity (Wildman–Crippen MR) is 154 cm³/mol. The van der Waals surface area contributed by atoms with Gasteiger partial charge in [-0.3, -0.25) is 9.55 Å². The molecule has 0 amide bonds. The lowest BCUT2D eigenvalue weighted by Crippen LogP contribution is -2.18. The van der Waals surface area contributed by atoms with Crippen LogP contribution in [0.2, 0.25) is 0 Å². The summed E-state index contributed by atoms with van der Waals surface area (Å²) in [7, 11) is 3.28. The molecule has 4 heterocycles. The van der Waals surface area contributed by atoms with Crippen molar-refractivity contribution < 1.29 is 14.2 Å². The average molecular weight is 538 g/mol. The van der Waals surface area contributed by atoms with Crippen LogP contribution in [0.1, 0.15) is 38.3 Å². The number of anilines is 3. The van der Waals surface area contributed by atoms with E-state index in [0.29, 0.717) is 23.5 Å². The molecule has 0 spiro atoms. The molecule has 2 fully saturated rings. The van der Waals surface area contributed by atoms with Gasteiger partial charge in [-0.05, 0) is 79.6 Å². The van der Waals surface area contributed by atoms with Gasteiger partial charge >= 0.3 is 0 Å². The number of nitrogens with one attached hydrogen (secondary N) is 2. The summed E-state index contributed by atoms with van der Waals surface area (Å²) in [5, 5.41) is 7.98. The quantitative estimate of drug-likeness (QED) is 0.244. The Balaban J connectivity index is 1.27. The maximum absolute atomic E-state index is 6.05. The van der Waals surface area contributed by atoms with Crippen molar-refractivity contribution in [1.82, 2.24) is 24.5 Å². The number of hydrogen-bond donors (Lipinski definition) is 2. The Bertz CT molecular complexity index is 1690. The number of ether oxygens (including phenoxy) is 3. The van der Waals surface area contributed by atoms with Crippen molar-refractivity contribution in [3.8, 4) is 22.6 Å². The Morgan fingerprint density at radius 2 is 1.82 bits per heavy atom. The molecule has 1 saturated heterocycles. The van der Waals surface area contributed by atoms with Crippen molar-refractivity contribution in [3.05, 3.63) is 55.0 Å². The van der Waals surface area contributed by atoms with Crippen molar-refractivity contribution in [1.29, 1.82) is 0 Å². The largest absolute Gasteiger partial charge is 0.493 e. The third-order valence-corrected chi connectivity index (χ3v) is 7.50. The number of pyridine rings is 1. The molecule has 5 aromatic rings. The lowest BCUT2D eigenvalue weighted by molar-refractivity contribution is -0.0298.